The number of hydrogen-bond acceptors (Lipinski definition) is 8. The predicted molar refractivity (Wildman–Crippen MR) is 127 cm³/mol. The summed E-state index contributed by atoms with van der Waals surface area (Å²) >= 11 is 1.29. The summed E-state index contributed by atoms with van der Waals surface area (Å²) < 4.78 is 20.3. The summed E-state index contributed by atoms with van der Waals surface area (Å²) in [5, 5.41) is 3.86. The van der Waals surface area contributed by atoms with Crippen molar-refractivity contribution in [2.24, 2.45) is 5.73 Å². The van der Waals surface area contributed by atoms with Crippen LogP contribution in [-0.4, -0.2) is 54.3 Å². The SMILES string of the molecule is CO[C@H]1CN(c2nc3c(cc2F)C[C@@H](NC(=O)c2sc4nc(C)ccc4c2N)CC3)C[C@@H]1N. The van der Waals surface area contributed by atoms with Crippen molar-refractivity contribution in [3.05, 3.63) is 45.8 Å². The Kier molecular flexibility index (Phi) is 5.67. The minimum Gasteiger partial charge on any atom is -0.397 e. The molecule has 0 aromatic carbocycles. The van der Waals surface area contributed by atoms with E-state index in [0.29, 0.717) is 42.3 Å². The van der Waals surface area contributed by atoms with E-state index in [1.807, 2.05) is 24.0 Å². The first-order chi connectivity index (χ1) is 15.8. The highest BCUT2D eigenvalue weighted by molar-refractivity contribution is 7.21. The van der Waals surface area contributed by atoms with Gasteiger partial charge in [0.15, 0.2) is 11.6 Å². The number of aryl methyl sites for hydroxylation is 2. The van der Waals surface area contributed by atoms with E-state index in [4.69, 9.17) is 16.2 Å². The molecule has 33 heavy (non-hydrogen) atoms. The molecule has 2 aliphatic rings. The Morgan fingerprint density at radius 1 is 1.33 bits per heavy atom. The third kappa shape index (κ3) is 4.03. The molecular formula is C23H27FN6O2S. The van der Waals surface area contributed by atoms with Gasteiger partial charge in [-0.2, -0.15) is 0 Å². The van der Waals surface area contributed by atoms with Gasteiger partial charge in [0, 0.05) is 43.0 Å². The second kappa shape index (κ2) is 8.51. The van der Waals surface area contributed by atoms with Gasteiger partial charge in [0.2, 0.25) is 0 Å². The summed E-state index contributed by atoms with van der Waals surface area (Å²) in [6.45, 7) is 2.93. The highest BCUT2D eigenvalue weighted by Crippen LogP contribution is 2.33. The number of carbonyl (C=O) groups excluding carboxylic acids is 1. The molecular weight excluding hydrogens is 443 g/mol. The number of methoxy groups -OCH3 is 1. The molecule has 0 unspecified atom stereocenters. The number of fused-ring (bicyclic) bond motifs is 2. The van der Waals surface area contributed by atoms with Crippen LogP contribution in [0.15, 0.2) is 18.2 Å². The topological polar surface area (TPSA) is 119 Å². The maximum Gasteiger partial charge on any atom is 0.263 e. The molecule has 4 heterocycles. The Morgan fingerprint density at radius 2 is 2.15 bits per heavy atom. The highest BCUT2D eigenvalue weighted by Gasteiger charge is 2.33. The first-order valence-electron chi connectivity index (χ1n) is 11.0. The van der Waals surface area contributed by atoms with Crippen LogP contribution in [-0.2, 0) is 17.6 Å². The number of nitrogen functional groups attached to an aromatic ring is 1. The van der Waals surface area contributed by atoms with Crippen LogP contribution in [0.3, 0.4) is 0 Å². The standard InChI is InChI=1S/C23H27FN6O2S/c1-11-3-5-14-19(26)20(33-23(14)27-11)22(31)28-13-4-6-17-12(7-13)8-15(24)21(29-17)30-9-16(25)18(10-30)32-2/h3,5,8,13,16,18H,4,6-7,9-10,25-26H2,1-2H3,(H,28,31)/t13-,16-,18-/m0/s1. The van der Waals surface area contributed by atoms with Gasteiger partial charge in [0.25, 0.3) is 5.91 Å². The van der Waals surface area contributed by atoms with Crippen molar-refractivity contribution >= 4 is 39.0 Å². The van der Waals surface area contributed by atoms with Crippen LogP contribution < -0.4 is 21.7 Å². The molecule has 1 amide bonds. The predicted octanol–water partition coefficient (Wildman–Crippen LogP) is 2.17. The second-order valence-corrected chi connectivity index (χ2v) is 9.81. The molecule has 3 atom stereocenters. The first-order valence-corrected chi connectivity index (χ1v) is 11.8. The summed E-state index contributed by atoms with van der Waals surface area (Å²) in [6.07, 6.45) is 1.76. The Balaban J connectivity index is 1.31. The van der Waals surface area contributed by atoms with Crippen molar-refractivity contribution in [1.82, 2.24) is 15.3 Å². The zero-order valence-electron chi connectivity index (χ0n) is 18.6. The lowest BCUT2D eigenvalue weighted by Crippen LogP contribution is -2.39. The minimum absolute atomic E-state index is 0.116. The van der Waals surface area contributed by atoms with Crippen molar-refractivity contribution < 1.29 is 13.9 Å². The Morgan fingerprint density at radius 3 is 2.91 bits per heavy atom. The summed E-state index contributed by atoms with van der Waals surface area (Å²) in [6, 6.07) is 5.03. The lowest BCUT2D eigenvalue weighted by atomic mass is 9.91. The number of pyridine rings is 2. The molecule has 0 saturated carbocycles. The zero-order chi connectivity index (χ0) is 23.3. The fourth-order valence-electron chi connectivity index (χ4n) is 4.70. The van der Waals surface area contributed by atoms with Gasteiger partial charge in [0.1, 0.15) is 9.71 Å². The normalized spacial score (nSPS) is 22.5. The summed E-state index contributed by atoms with van der Waals surface area (Å²) in [4.78, 5) is 25.1. The number of halogens is 1. The molecule has 1 aliphatic heterocycles. The lowest BCUT2D eigenvalue weighted by Gasteiger charge is -2.27. The van der Waals surface area contributed by atoms with Gasteiger partial charge >= 0.3 is 0 Å². The molecule has 5 N–H and O–H groups in total. The number of amides is 1. The fourth-order valence-corrected chi connectivity index (χ4v) is 5.74. The summed E-state index contributed by atoms with van der Waals surface area (Å²) in [5.74, 6) is -0.268. The van der Waals surface area contributed by atoms with Gasteiger partial charge in [-0.05, 0) is 49.9 Å². The van der Waals surface area contributed by atoms with Crippen LogP contribution in [0.2, 0.25) is 0 Å². The summed E-state index contributed by atoms with van der Waals surface area (Å²) in [7, 11) is 1.61. The molecule has 1 saturated heterocycles. The molecule has 1 fully saturated rings. The van der Waals surface area contributed by atoms with E-state index in [0.717, 1.165) is 33.6 Å². The van der Waals surface area contributed by atoms with Crippen molar-refractivity contribution in [2.75, 3.05) is 30.8 Å². The monoisotopic (exact) mass is 470 g/mol. The largest absolute Gasteiger partial charge is 0.397 e. The second-order valence-electron chi connectivity index (χ2n) is 8.81. The maximum atomic E-state index is 15.0. The average Bonchev–Trinajstić information content (AvgIpc) is 3.32. The molecule has 5 rings (SSSR count). The number of aromatic nitrogens is 2. The Labute approximate surface area is 195 Å². The van der Waals surface area contributed by atoms with Gasteiger partial charge < -0.3 is 26.4 Å². The number of rotatable bonds is 4. The van der Waals surface area contributed by atoms with Gasteiger partial charge in [-0.15, -0.1) is 11.3 Å². The smallest absolute Gasteiger partial charge is 0.263 e. The molecule has 3 aromatic heterocycles. The quantitative estimate of drug-likeness (QED) is 0.535. The van der Waals surface area contributed by atoms with Crippen LogP contribution in [0.5, 0.6) is 0 Å². The Hall–Kier alpha value is -2.82. The van der Waals surface area contributed by atoms with E-state index in [1.54, 1.807) is 13.2 Å². The van der Waals surface area contributed by atoms with E-state index >= 15 is 0 Å². The van der Waals surface area contributed by atoms with Crippen LogP contribution >= 0.6 is 11.3 Å². The zero-order valence-corrected chi connectivity index (χ0v) is 19.4. The fraction of sp³-hybridized carbons (Fsp3) is 0.435. The van der Waals surface area contributed by atoms with E-state index in [1.165, 1.54) is 11.3 Å². The lowest BCUT2D eigenvalue weighted by molar-refractivity contribution is 0.0938. The number of anilines is 2. The molecule has 174 valence electrons. The van der Waals surface area contributed by atoms with Crippen LogP contribution in [0, 0.1) is 12.7 Å². The van der Waals surface area contributed by atoms with E-state index in [-0.39, 0.29) is 29.9 Å². The van der Waals surface area contributed by atoms with Crippen LogP contribution in [0.1, 0.15) is 33.0 Å². The van der Waals surface area contributed by atoms with Gasteiger partial charge in [-0.1, -0.05) is 0 Å². The molecule has 0 radical (unpaired) electrons. The number of hydrogen-bond donors (Lipinski definition) is 3. The van der Waals surface area contributed by atoms with Crippen molar-refractivity contribution in [1.29, 1.82) is 0 Å². The minimum atomic E-state index is -0.375. The summed E-state index contributed by atoms with van der Waals surface area (Å²) in [5.41, 5.74) is 15.3. The van der Waals surface area contributed by atoms with E-state index in [2.05, 4.69) is 15.3 Å². The molecule has 3 aromatic rings. The molecule has 0 bridgehead atoms. The van der Waals surface area contributed by atoms with Crippen LogP contribution in [0.4, 0.5) is 15.9 Å². The van der Waals surface area contributed by atoms with Gasteiger partial charge in [-0.3, -0.25) is 4.79 Å². The van der Waals surface area contributed by atoms with E-state index < -0.39 is 0 Å². The number of ether oxygens (including phenoxy) is 1. The maximum absolute atomic E-state index is 15.0. The number of nitrogens with one attached hydrogen (secondary N) is 1. The number of carbonyl (C=O) groups is 1. The molecule has 1 aliphatic carbocycles. The van der Waals surface area contributed by atoms with Crippen molar-refractivity contribution in [3.8, 4) is 0 Å². The number of nitrogens with two attached hydrogens (primary N) is 2. The third-order valence-electron chi connectivity index (χ3n) is 6.51. The highest BCUT2D eigenvalue weighted by atomic mass is 32.1. The Bertz CT molecular complexity index is 1230. The third-order valence-corrected chi connectivity index (χ3v) is 7.62. The van der Waals surface area contributed by atoms with Gasteiger partial charge in [0.05, 0.1) is 17.8 Å². The number of nitrogens with zero attached hydrogens (tertiary/aromatic N) is 3. The van der Waals surface area contributed by atoms with Gasteiger partial charge in [-0.25, -0.2) is 14.4 Å². The van der Waals surface area contributed by atoms with Crippen molar-refractivity contribution in [2.45, 2.75) is 44.4 Å². The van der Waals surface area contributed by atoms with Crippen molar-refractivity contribution in [3.63, 3.8) is 0 Å². The average molecular weight is 471 g/mol. The molecule has 0 spiro atoms. The van der Waals surface area contributed by atoms with E-state index in [9.17, 15) is 9.18 Å². The number of thiophene rings is 1. The van der Waals surface area contributed by atoms with Crippen LogP contribution in [0.25, 0.3) is 10.2 Å². The molecule has 10 heteroatoms. The molecule has 8 nitrogen and oxygen atoms in total. The first kappa shape index (κ1) is 22.0.